The van der Waals surface area contributed by atoms with E-state index in [1.807, 2.05) is 6.92 Å². The van der Waals surface area contributed by atoms with Gasteiger partial charge in [-0.15, -0.1) is 0 Å². The summed E-state index contributed by atoms with van der Waals surface area (Å²) in [6, 6.07) is 0. The van der Waals surface area contributed by atoms with Crippen molar-refractivity contribution < 1.29 is 0 Å². The predicted octanol–water partition coefficient (Wildman–Crippen LogP) is 0.961. The number of anilines is 1. The van der Waals surface area contributed by atoms with Gasteiger partial charge >= 0.3 is 0 Å². The second-order valence-electron chi connectivity index (χ2n) is 2.98. The molecule has 0 saturated heterocycles. The molecular weight excluding hydrogens is 174 g/mol. The molecule has 1 atom stereocenters. The summed E-state index contributed by atoms with van der Waals surface area (Å²) >= 11 is 4.83. The Morgan fingerprint density at radius 3 is 3.00 bits per heavy atom. The van der Waals surface area contributed by atoms with Crippen LogP contribution in [0.4, 0.5) is 5.82 Å². The summed E-state index contributed by atoms with van der Waals surface area (Å²) in [5.74, 6) is 1.03. The Kier molecular flexibility index (Phi) is 1.54. The van der Waals surface area contributed by atoms with E-state index in [0.717, 1.165) is 17.9 Å². The molecule has 1 aromatic heterocycles. The average Bonchev–Trinajstić information content (AvgIpc) is 2.31. The molecule has 1 aromatic rings. The molecule has 0 radical (unpaired) electrons. The average molecular weight is 183 g/mol. The monoisotopic (exact) mass is 183 g/mol. The normalized spacial score (nSPS) is 20.2. The zero-order valence-electron chi connectivity index (χ0n) is 6.60. The summed E-state index contributed by atoms with van der Waals surface area (Å²) in [7, 11) is 0. The summed E-state index contributed by atoms with van der Waals surface area (Å²) in [5, 5.41) is 3.09. The maximum Gasteiger partial charge on any atom is 0.257 e. The van der Waals surface area contributed by atoms with Crippen molar-refractivity contribution in [3.63, 3.8) is 0 Å². The number of nitrogens with one attached hydrogen (secondary N) is 3. The van der Waals surface area contributed by atoms with Crippen LogP contribution >= 0.6 is 12.2 Å². The van der Waals surface area contributed by atoms with Crippen LogP contribution in [0.2, 0.25) is 0 Å². The topological polar surface area (TPSA) is 60.7 Å². The van der Waals surface area contributed by atoms with Gasteiger partial charge in [-0.3, -0.25) is 9.78 Å². The van der Waals surface area contributed by atoms with Crippen LogP contribution in [0.3, 0.4) is 0 Å². The van der Waals surface area contributed by atoms with Gasteiger partial charge in [0.2, 0.25) is 0 Å². The van der Waals surface area contributed by atoms with E-state index in [2.05, 4.69) is 15.3 Å². The Morgan fingerprint density at radius 2 is 2.25 bits per heavy atom. The Labute approximate surface area is 74.0 Å². The third-order valence-corrected chi connectivity index (χ3v) is 2.26. The van der Waals surface area contributed by atoms with Crippen LogP contribution in [0.5, 0.6) is 0 Å². The fourth-order valence-electron chi connectivity index (χ4n) is 1.46. The Bertz CT molecular complexity index is 419. The number of aromatic nitrogens is 2. The van der Waals surface area contributed by atoms with Gasteiger partial charge in [0.15, 0.2) is 4.77 Å². The third kappa shape index (κ3) is 0.972. The molecule has 5 heteroatoms. The Morgan fingerprint density at radius 1 is 1.50 bits per heavy atom. The fourth-order valence-corrected chi connectivity index (χ4v) is 1.66. The summed E-state index contributed by atoms with van der Waals surface area (Å²) < 4.78 is 0.375. The molecule has 64 valence electrons. The van der Waals surface area contributed by atoms with E-state index >= 15 is 0 Å². The van der Waals surface area contributed by atoms with Crippen LogP contribution in [0.15, 0.2) is 4.79 Å². The molecule has 1 unspecified atom stereocenters. The molecule has 1 aliphatic rings. The van der Waals surface area contributed by atoms with Crippen LogP contribution in [0, 0.1) is 4.77 Å². The maximum atomic E-state index is 11.4. The van der Waals surface area contributed by atoms with E-state index in [9.17, 15) is 4.79 Å². The van der Waals surface area contributed by atoms with Crippen molar-refractivity contribution in [2.24, 2.45) is 0 Å². The molecule has 12 heavy (non-hydrogen) atoms. The smallest absolute Gasteiger partial charge is 0.257 e. The summed E-state index contributed by atoms with van der Waals surface area (Å²) in [6.07, 6.45) is 0. The molecule has 0 fully saturated rings. The van der Waals surface area contributed by atoms with Crippen LogP contribution in [0.1, 0.15) is 18.4 Å². The number of rotatable bonds is 0. The van der Waals surface area contributed by atoms with Crippen LogP contribution in [-0.2, 0) is 0 Å². The van der Waals surface area contributed by atoms with Crippen molar-refractivity contribution in [2.75, 3.05) is 11.9 Å². The summed E-state index contributed by atoms with van der Waals surface area (Å²) in [6.45, 7) is 2.80. The van der Waals surface area contributed by atoms with Gasteiger partial charge in [-0.2, -0.15) is 0 Å². The first-order chi connectivity index (χ1) is 5.68. The van der Waals surface area contributed by atoms with Crippen LogP contribution < -0.4 is 10.9 Å². The van der Waals surface area contributed by atoms with Gasteiger partial charge in [-0.05, 0) is 12.2 Å². The third-order valence-electron chi connectivity index (χ3n) is 2.06. The number of aromatic amines is 2. The minimum Gasteiger partial charge on any atom is -0.371 e. The molecule has 0 amide bonds. The molecule has 1 aliphatic heterocycles. The van der Waals surface area contributed by atoms with Gasteiger partial charge in [-0.25, -0.2) is 0 Å². The fraction of sp³-hybridized carbons (Fsp3) is 0.429. The standard InChI is InChI=1S/C7H9N3OS/c1-3-2-8-5-4(3)6(11)10-7(12)9-5/h3H,2H2,1H3,(H3,8,9,10,11,12). The molecular formula is C7H9N3OS. The van der Waals surface area contributed by atoms with Gasteiger partial charge in [0.05, 0.1) is 5.56 Å². The zero-order chi connectivity index (χ0) is 8.72. The number of hydrogen-bond donors (Lipinski definition) is 3. The van der Waals surface area contributed by atoms with Crippen LogP contribution in [-0.4, -0.2) is 16.5 Å². The van der Waals surface area contributed by atoms with E-state index in [-0.39, 0.29) is 11.5 Å². The van der Waals surface area contributed by atoms with Gasteiger partial charge in [-0.1, -0.05) is 6.92 Å². The van der Waals surface area contributed by atoms with Crippen LogP contribution in [0.25, 0.3) is 0 Å². The number of hydrogen-bond acceptors (Lipinski definition) is 3. The van der Waals surface area contributed by atoms with Gasteiger partial charge < -0.3 is 10.3 Å². The quantitative estimate of drug-likeness (QED) is 0.525. The highest BCUT2D eigenvalue weighted by atomic mass is 32.1. The zero-order valence-corrected chi connectivity index (χ0v) is 7.42. The number of fused-ring (bicyclic) bond motifs is 1. The molecule has 0 aromatic carbocycles. The molecule has 2 heterocycles. The highest BCUT2D eigenvalue weighted by Crippen LogP contribution is 2.24. The maximum absolute atomic E-state index is 11.4. The Balaban J connectivity index is 2.77. The molecule has 4 nitrogen and oxygen atoms in total. The van der Waals surface area contributed by atoms with E-state index in [1.54, 1.807) is 0 Å². The molecule has 0 spiro atoms. The molecule has 0 aliphatic carbocycles. The minimum absolute atomic E-state index is 0.0775. The second kappa shape index (κ2) is 2.45. The van der Waals surface area contributed by atoms with Gasteiger partial charge in [0.1, 0.15) is 5.82 Å². The lowest BCUT2D eigenvalue weighted by atomic mass is 10.1. The molecule has 3 N–H and O–H groups in total. The van der Waals surface area contributed by atoms with E-state index in [0.29, 0.717) is 4.77 Å². The summed E-state index contributed by atoms with van der Waals surface area (Å²) in [5.41, 5.74) is 0.704. The lowest BCUT2D eigenvalue weighted by molar-refractivity contribution is 0.836. The van der Waals surface area contributed by atoms with E-state index < -0.39 is 0 Å². The highest BCUT2D eigenvalue weighted by Gasteiger charge is 2.21. The first-order valence-corrected chi connectivity index (χ1v) is 4.19. The van der Waals surface area contributed by atoms with Gasteiger partial charge in [0.25, 0.3) is 5.56 Å². The van der Waals surface area contributed by atoms with E-state index in [1.165, 1.54) is 0 Å². The Hall–Kier alpha value is -1.10. The lowest BCUT2D eigenvalue weighted by Gasteiger charge is -1.98. The number of H-pyrrole nitrogens is 2. The van der Waals surface area contributed by atoms with Gasteiger partial charge in [0, 0.05) is 12.5 Å². The SMILES string of the molecule is CC1CNc2[nH]c(=S)[nH]c(=O)c21. The second-order valence-corrected chi connectivity index (χ2v) is 3.39. The minimum atomic E-state index is -0.0775. The van der Waals surface area contributed by atoms with Crippen molar-refractivity contribution in [3.05, 3.63) is 20.7 Å². The highest BCUT2D eigenvalue weighted by molar-refractivity contribution is 7.71. The van der Waals surface area contributed by atoms with Crippen molar-refractivity contribution in [1.82, 2.24) is 9.97 Å². The van der Waals surface area contributed by atoms with E-state index in [4.69, 9.17) is 12.2 Å². The summed E-state index contributed by atoms with van der Waals surface area (Å²) in [4.78, 5) is 16.8. The predicted molar refractivity (Wildman–Crippen MR) is 49.2 cm³/mol. The first-order valence-electron chi connectivity index (χ1n) is 3.79. The first kappa shape index (κ1) is 7.54. The van der Waals surface area contributed by atoms with Crippen molar-refractivity contribution in [3.8, 4) is 0 Å². The van der Waals surface area contributed by atoms with Crippen molar-refractivity contribution in [2.45, 2.75) is 12.8 Å². The lowest BCUT2D eigenvalue weighted by Crippen LogP contribution is -2.13. The molecule has 0 saturated carbocycles. The largest absolute Gasteiger partial charge is 0.371 e. The van der Waals surface area contributed by atoms with Crippen molar-refractivity contribution >= 4 is 18.0 Å². The van der Waals surface area contributed by atoms with Crippen molar-refractivity contribution in [1.29, 1.82) is 0 Å². The molecule has 0 bridgehead atoms. The molecule has 2 rings (SSSR count).